The van der Waals surface area contributed by atoms with E-state index in [0.29, 0.717) is 34.4 Å². The molecule has 7 rings (SSSR count). The summed E-state index contributed by atoms with van der Waals surface area (Å²) < 4.78 is 0. The number of aryl methyl sites for hydroxylation is 1. The standard InChI is InChI=1S/C35H29NO5/c1-3-19-8-11-21(12-9-19)36-34(40)24-14-13-23-25(29(24)35(36)41)17-26-31(28(38)16-18(2)33(26)39)32(23)30-22-7-5-4-6-20(22)10-15-27(30)37/h4-13,15-16,24-25,29,32,37H,3,14,17H2,1-2H3. The first-order chi connectivity index (χ1) is 19.8. The van der Waals surface area contributed by atoms with Crippen LogP contribution in [0, 0.1) is 17.8 Å². The van der Waals surface area contributed by atoms with Gasteiger partial charge in [0, 0.05) is 28.2 Å². The minimum Gasteiger partial charge on any atom is -0.508 e. The van der Waals surface area contributed by atoms with E-state index in [4.69, 9.17) is 0 Å². The van der Waals surface area contributed by atoms with E-state index in [0.717, 1.165) is 28.3 Å². The second-order valence-corrected chi connectivity index (χ2v) is 11.5. The number of rotatable bonds is 3. The van der Waals surface area contributed by atoms with Crippen molar-refractivity contribution in [3.63, 3.8) is 0 Å². The van der Waals surface area contributed by atoms with Crippen molar-refractivity contribution in [2.75, 3.05) is 4.90 Å². The highest BCUT2D eigenvalue weighted by Gasteiger charge is 2.57. The maximum Gasteiger partial charge on any atom is 0.238 e. The topological polar surface area (TPSA) is 91.8 Å². The van der Waals surface area contributed by atoms with Gasteiger partial charge in [-0.15, -0.1) is 0 Å². The first-order valence-corrected chi connectivity index (χ1v) is 14.2. The van der Waals surface area contributed by atoms with Crippen LogP contribution in [0.25, 0.3) is 10.8 Å². The number of amides is 2. The minimum atomic E-state index is -0.697. The van der Waals surface area contributed by atoms with Crippen molar-refractivity contribution in [1.82, 2.24) is 0 Å². The molecule has 0 bridgehead atoms. The van der Waals surface area contributed by atoms with Crippen LogP contribution in [0.5, 0.6) is 5.75 Å². The molecule has 204 valence electrons. The minimum absolute atomic E-state index is 0.0298. The van der Waals surface area contributed by atoms with Crippen LogP contribution in [0.4, 0.5) is 5.69 Å². The number of nitrogens with zero attached hydrogens (tertiary/aromatic N) is 1. The number of imide groups is 1. The molecular weight excluding hydrogens is 514 g/mol. The third kappa shape index (κ3) is 3.63. The van der Waals surface area contributed by atoms with E-state index in [9.17, 15) is 24.3 Å². The number of allylic oxidation sites excluding steroid dienone is 6. The molecule has 4 aliphatic rings. The molecule has 3 aromatic rings. The number of hydrogen-bond donors (Lipinski definition) is 1. The second-order valence-electron chi connectivity index (χ2n) is 11.5. The molecule has 4 atom stereocenters. The number of benzene rings is 3. The van der Waals surface area contributed by atoms with Crippen LogP contribution in [0.1, 0.15) is 43.7 Å². The highest BCUT2D eigenvalue weighted by atomic mass is 16.3. The molecule has 0 saturated carbocycles. The zero-order chi connectivity index (χ0) is 28.6. The lowest BCUT2D eigenvalue weighted by molar-refractivity contribution is -0.123. The quantitative estimate of drug-likeness (QED) is 0.258. The lowest BCUT2D eigenvalue weighted by atomic mass is 9.59. The molecule has 6 nitrogen and oxygen atoms in total. The van der Waals surface area contributed by atoms with Crippen molar-refractivity contribution in [3.05, 3.63) is 106 Å². The van der Waals surface area contributed by atoms with Gasteiger partial charge in [-0.1, -0.05) is 61.0 Å². The first kappa shape index (κ1) is 25.4. The fourth-order valence-electron chi connectivity index (χ4n) is 7.44. The number of aromatic hydroxyl groups is 1. The summed E-state index contributed by atoms with van der Waals surface area (Å²) in [5, 5.41) is 13.0. The highest BCUT2D eigenvalue weighted by Crippen LogP contribution is 2.57. The van der Waals surface area contributed by atoms with Crippen LogP contribution in [-0.4, -0.2) is 28.5 Å². The predicted octanol–water partition coefficient (Wildman–Crippen LogP) is 5.74. The van der Waals surface area contributed by atoms with Gasteiger partial charge in [-0.3, -0.25) is 24.1 Å². The molecule has 1 fully saturated rings. The van der Waals surface area contributed by atoms with Crippen LogP contribution in [0.15, 0.2) is 95.1 Å². The number of anilines is 1. The second kappa shape index (κ2) is 9.23. The largest absolute Gasteiger partial charge is 0.508 e. The number of hydrogen-bond acceptors (Lipinski definition) is 5. The van der Waals surface area contributed by atoms with Gasteiger partial charge in [0.15, 0.2) is 11.6 Å². The molecule has 1 heterocycles. The molecule has 6 heteroatoms. The molecule has 2 amide bonds. The Kier molecular flexibility index (Phi) is 5.72. The first-order valence-electron chi connectivity index (χ1n) is 14.2. The summed E-state index contributed by atoms with van der Waals surface area (Å²) in [6.07, 6.45) is 4.78. The van der Waals surface area contributed by atoms with Gasteiger partial charge in [-0.2, -0.15) is 0 Å². The number of phenols is 1. The Bertz CT molecular complexity index is 1790. The molecule has 0 spiro atoms. The highest BCUT2D eigenvalue weighted by molar-refractivity contribution is 6.25. The van der Waals surface area contributed by atoms with Crippen molar-refractivity contribution in [1.29, 1.82) is 0 Å². The third-order valence-corrected chi connectivity index (χ3v) is 9.40. The summed E-state index contributed by atoms with van der Waals surface area (Å²) in [5.41, 5.74) is 4.18. The molecule has 41 heavy (non-hydrogen) atoms. The maximum absolute atomic E-state index is 14.1. The van der Waals surface area contributed by atoms with Crippen LogP contribution < -0.4 is 4.90 Å². The predicted molar refractivity (Wildman–Crippen MR) is 155 cm³/mol. The average Bonchev–Trinajstić information content (AvgIpc) is 3.24. The van der Waals surface area contributed by atoms with E-state index >= 15 is 0 Å². The SMILES string of the molecule is CCc1ccc(N2C(=O)C3CC=C4C(c5c(O)ccc6ccccc56)C5=C(CC4C3C2=O)C(=O)C(C)=CC5=O)cc1. The van der Waals surface area contributed by atoms with Gasteiger partial charge in [0.25, 0.3) is 0 Å². The summed E-state index contributed by atoms with van der Waals surface area (Å²) in [4.78, 5) is 56.3. The van der Waals surface area contributed by atoms with Gasteiger partial charge < -0.3 is 5.11 Å². The smallest absolute Gasteiger partial charge is 0.238 e. The zero-order valence-electron chi connectivity index (χ0n) is 22.9. The Morgan fingerprint density at radius 2 is 1.66 bits per heavy atom. The number of ketones is 2. The fourth-order valence-corrected chi connectivity index (χ4v) is 7.44. The number of fused-ring (bicyclic) bond motifs is 4. The molecule has 3 aliphatic carbocycles. The summed E-state index contributed by atoms with van der Waals surface area (Å²) in [6, 6.07) is 18.6. The van der Waals surface area contributed by atoms with Crippen LogP contribution >= 0.6 is 0 Å². The molecule has 0 aromatic heterocycles. The van der Waals surface area contributed by atoms with Crippen LogP contribution in [-0.2, 0) is 25.6 Å². The van der Waals surface area contributed by atoms with Crippen molar-refractivity contribution >= 4 is 39.8 Å². The molecular formula is C35H29NO5. The van der Waals surface area contributed by atoms with Gasteiger partial charge in [-0.25, -0.2) is 0 Å². The Hall–Kier alpha value is -4.58. The average molecular weight is 544 g/mol. The van der Waals surface area contributed by atoms with Crippen molar-refractivity contribution < 1.29 is 24.3 Å². The van der Waals surface area contributed by atoms with Crippen molar-refractivity contribution in [2.45, 2.75) is 39.0 Å². The van der Waals surface area contributed by atoms with Gasteiger partial charge in [0.1, 0.15) is 5.75 Å². The number of phenolic OH excluding ortho intramolecular Hbond substituents is 1. The zero-order valence-corrected chi connectivity index (χ0v) is 22.9. The van der Waals surface area contributed by atoms with Gasteiger partial charge in [-0.05, 0) is 72.7 Å². The summed E-state index contributed by atoms with van der Waals surface area (Å²) >= 11 is 0. The van der Waals surface area contributed by atoms with E-state index in [2.05, 4.69) is 0 Å². The Morgan fingerprint density at radius 3 is 2.41 bits per heavy atom. The Labute approximate surface area is 237 Å². The molecule has 4 unspecified atom stereocenters. The van der Waals surface area contributed by atoms with Crippen molar-refractivity contribution in [2.24, 2.45) is 17.8 Å². The van der Waals surface area contributed by atoms with E-state index in [-0.39, 0.29) is 35.6 Å². The number of Topliss-reactive ketones (excluding diaryl/α,β-unsaturated/α-hetero) is 1. The lowest BCUT2D eigenvalue weighted by Crippen LogP contribution is -2.39. The molecule has 1 aliphatic heterocycles. The summed E-state index contributed by atoms with van der Waals surface area (Å²) in [7, 11) is 0. The van der Waals surface area contributed by atoms with E-state index in [1.54, 1.807) is 13.0 Å². The van der Waals surface area contributed by atoms with E-state index in [1.807, 2.05) is 67.6 Å². The summed E-state index contributed by atoms with van der Waals surface area (Å²) in [6.45, 7) is 3.68. The maximum atomic E-state index is 14.1. The number of carbonyl (C=O) groups is 4. The van der Waals surface area contributed by atoms with Crippen LogP contribution in [0.2, 0.25) is 0 Å². The molecule has 1 N–H and O–H groups in total. The van der Waals surface area contributed by atoms with Gasteiger partial charge >= 0.3 is 0 Å². The molecule has 3 aromatic carbocycles. The normalized spacial score (nSPS) is 25.7. The number of carbonyl (C=O) groups excluding carboxylic acids is 4. The third-order valence-electron chi connectivity index (χ3n) is 9.40. The van der Waals surface area contributed by atoms with E-state index < -0.39 is 23.7 Å². The molecule has 0 radical (unpaired) electrons. The summed E-state index contributed by atoms with van der Waals surface area (Å²) in [5.74, 6) is -3.28. The van der Waals surface area contributed by atoms with Gasteiger partial charge in [0.05, 0.1) is 17.5 Å². The Morgan fingerprint density at radius 1 is 0.902 bits per heavy atom. The fraction of sp³-hybridized carbons (Fsp3) is 0.257. The van der Waals surface area contributed by atoms with Crippen molar-refractivity contribution in [3.8, 4) is 5.75 Å². The monoisotopic (exact) mass is 543 g/mol. The van der Waals surface area contributed by atoms with Crippen LogP contribution in [0.3, 0.4) is 0 Å². The molecule has 1 saturated heterocycles. The van der Waals surface area contributed by atoms with Gasteiger partial charge in [0.2, 0.25) is 11.8 Å². The van der Waals surface area contributed by atoms with E-state index in [1.165, 1.54) is 11.0 Å². The lowest BCUT2D eigenvalue weighted by Gasteiger charge is -2.42. The Balaban J connectivity index is 1.40.